The van der Waals surface area contributed by atoms with Crippen molar-refractivity contribution in [2.24, 2.45) is 0 Å². The van der Waals surface area contributed by atoms with Crippen molar-refractivity contribution in [3.8, 4) is 0 Å². The number of fused-ring (bicyclic) bond motifs is 1. The van der Waals surface area contributed by atoms with Gasteiger partial charge in [-0.2, -0.15) is 0 Å². The summed E-state index contributed by atoms with van der Waals surface area (Å²) in [5.74, 6) is -0.224. The molecule has 1 aliphatic heterocycles. The molecule has 1 atom stereocenters. The number of nitrogens with zero attached hydrogens (tertiary/aromatic N) is 2. The molecule has 2 rings (SSSR count). The Kier molecular flexibility index (Phi) is 1.38. The number of pyridine rings is 1. The number of rotatable bonds is 0. The minimum atomic E-state index is -0.832. The highest BCUT2D eigenvalue weighted by molar-refractivity contribution is 5.96. The Hall–Kier alpha value is -1.42. The van der Waals surface area contributed by atoms with Crippen LogP contribution in [0.15, 0.2) is 18.3 Å². The topological polar surface area (TPSA) is 53.4 Å². The Labute approximate surface area is 69.5 Å². The summed E-state index contributed by atoms with van der Waals surface area (Å²) in [6.07, 6.45) is 0.712. The van der Waals surface area contributed by atoms with E-state index in [2.05, 4.69) is 4.98 Å². The van der Waals surface area contributed by atoms with Crippen molar-refractivity contribution in [2.45, 2.75) is 6.23 Å². The van der Waals surface area contributed by atoms with Crippen LogP contribution >= 0.6 is 0 Å². The first-order chi connectivity index (χ1) is 5.72. The number of aliphatic hydroxyl groups excluding tert-OH is 1. The summed E-state index contributed by atoms with van der Waals surface area (Å²) >= 11 is 0. The maximum absolute atomic E-state index is 11.3. The van der Waals surface area contributed by atoms with Gasteiger partial charge < -0.3 is 10.0 Å². The number of carbonyl (C=O) groups is 1. The highest BCUT2D eigenvalue weighted by Gasteiger charge is 2.33. The van der Waals surface area contributed by atoms with Gasteiger partial charge in [-0.3, -0.25) is 9.78 Å². The van der Waals surface area contributed by atoms with Gasteiger partial charge in [-0.25, -0.2) is 0 Å². The SMILES string of the molecule is CN1C(=O)c2ncccc2C1O. The molecule has 4 heteroatoms. The van der Waals surface area contributed by atoms with Crippen LogP contribution in [0.1, 0.15) is 22.3 Å². The number of carbonyl (C=O) groups excluding carboxylic acids is 1. The second kappa shape index (κ2) is 2.28. The molecule has 0 saturated heterocycles. The third kappa shape index (κ3) is 0.753. The number of hydrogen-bond acceptors (Lipinski definition) is 3. The molecule has 0 spiro atoms. The second-order valence-electron chi connectivity index (χ2n) is 2.73. The van der Waals surface area contributed by atoms with E-state index in [1.165, 1.54) is 4.90 Å². The van der Waals surface area contributed by atoms with Gasteiger partial charge in [0.15, 0.2) is 6.23 Å². The standard InChI is InChI=1S/C8H8N2O2/c1-10-7(11)5-3-2-4-9-6(5)8(10)12/h2-4,7,11H,1H3. The van der Waals surface area contributed by atoms with E-state index in [1.807, 2.05) is 0 Å². The maximum Gasteiger partial charge on any atom is 0.274 e. The van der Waals surface area contributed by atoms with E-state index >= 15 is 0 Å². The van der Waals surface area contributed by atoms with Crippen molar-refractivity contribution in [3.63, 3.8) is 0 Å². The van der Waals surface area contributed by atoms with Crippen molar-refractivity contribution >= 4 is 5.91 Å². The van der Waals surface area contributed by atoms with Crippen LogP contribution in [0.4, 0.5) is 0 Å². The van der Waals surface area contributed by atoms with Gasteiger partial charge in [-0.05, 0) is 6.07 Å². The Morgan fingerprint density at radius 1 is 1.67 bits per heavy atom. The minimum absolute atomic E-state index is 0.224. The lowest BCUT2D eigenvalue weighted by molar-refractivity contribution is 0.0301. The molecule has 0 saturated carbocycles. The van der Waals surface area contributed by atoms with Gasteiger partial charge in [-0.15, -0.1) is 0 Å². The van der Waals surface area contributed by atoms with Crippen LogP contribution in [-0.2, 0) is 0 Å². The zero-order chi connectivity index (χ0) is 8.72. The number of hydrogen-bond donors (Lipinski definition) is 1. The first kappa shape index (κ1) is 7.24. The monoisotopic (exact) mass is 164 g/mol. The zero-order valence-electron chi connectivity index (χ0n) is 6.56. The molecule has 1 aromatic rings. The average molecular weight is 164 g/mol. The fourth-order valence-electron chi connectivity index (χ4n) is 1.29. The lowest BCUT2D eigenvalue weighted by atomic mass is 10.2. The molecule has 1 aromatic heterocycles. The van der Waals surface area contributed by atoms with Crippen LogP contribution in [-0.4, -0.2) is 27.9 Å². The van der Waals surface area contributed by atoms with Crippen LogP contribution in [0.25, 0.3) is 0 Å². The van der Waals surface area contributed by atoms with Crippen LogP contribution in [0.5, 0.6) is 0 Å². The smallest absolute Gasteiger partial charge is 0.274 e. The van der Waals surface area contributed by atoms with Crippen LogP contribution in [0, 0.1) is 0 Å². The molecule has 0 aliphatic carbocycles. The van der Waals surface area contributed by atoms with Gasteiger partial charge in [0.2, 0.25) is 0 Å². The van der Waals surface area contributed by atoms with E-state index in [0.717, 1.165) is 0 Å². The molecule has 2 heterocycles. The fraction of sp³-hybridized carbons (Fsp3) is 0.250. The third-order valence-electron chi connectivity index (χ3n) is 2.01. The summed E-state index contributed by atoms with van der Waals surface area (Å²) in [5.41, 5.74) is 0.942. The molecule has 1 unspecified atom stereocenters. The molecule has 1 aliphatic rings. The van der Waals surface area contributed by atoms with E-state index < -0.39 is 6.23 Å². The van der Waals surface area contributed by atoms with Gasteiger partial charge in [0, 0.05) is 18.8 Å². The quantitative estimate of drug-likeness (QED) is 0.594. The molecule has 12 heavy (non-hydrogen) atoms. The molecular weight excluding hydrogens is 156 g/mol. The third-order valence-corrected chi connectivity index (χ3v) is 2.01. The van der Waals surface area contributed by atoms with Gasteiger partial charge in [0.05, 0.1) is 0 Å². The summed E-state index contributed by atoms with van der Waals surface area (Å²) in [7, 11) is 1.55. The zero-order valence-corrected chi connectivity index (χ0v) is 6.56. The number of aromatic nitrogens is 1. The molecule has 62 valence electrons. The molecule has 0 radical (unpaired) electrons. The Balaban J connectivity index is 2.59. The highest BCUT2D eigenvalue weighted by atomic mass is 16.3. The summed E-state index contributed by atoms with van der Waals surface area (Å²) in [5, 5.41) is 9.49. The molecule has 0 fully saturated rings. The summed E-state index contributed by atoms with van der Waals surface area (Å²) < 4.78 is 0. The Morgan fingerprint density at radius 2 is 2.42 bits per heavy atom. The van der Waals surface area contributed by atoms with Crippen molar-refractivity contribution in [2.75, 3.05) is 7.05 Å². The summed E-state index contributed by atoms with van der Waals surface area (Å²) in [6.45, 7) is 0. The summed E-state index contributed by atoms with van der Waals surface area (Å²) in [4.78, 5) is 16.5. The first-order valence-corrected chi connectivity index (χ1v) is 3.62. The predicted molar refractivity (Wildman–Crippen MR) is 41.3 cm³/mol. The fourth-order valence-corrected chi connectivity index (χ4v) is 1.29. The van der Waals surface area contributed by atoms with E-state index in [9.17, 15) is 9.90 Å². The van der Waals surface area contributed by atoms with E-state index in [4.69, 9.17) is 0 Å². The van der Waals surface area contributed by atoms with Crippen LogP contribution < -0.4 is 0 Å². The maximum atomic E-state index is 11.3. The van der Waals surface area contributed by atoms with Gasteiger partial charge in [0.1, 0.15) is 5.69 Å². The van der Waals surface area contributed by atoms with E-state index in [0.29, 0.717) is 11.3 Å². The van der Waals surface area contributed by atoms with Crippen molar-refractivity contribution in [1.82, 2.24) is 9.88 Å². The number of amides is 1. The lowest BCUT2D eigenvalue weighted by Gasteiger charge is -2.12. The van der Waals surface area contributed by atoms with Crippen molar-refractivity contribution in [1.29, 1.82) is 0 Å². The summed E-state index contributed by atoms with van der Waals surface area (Å²) in [6, 6.07) is 3.41. The minimum Gasteiger partial charge on any atom is -0.369 e. The van der Waals surface area contributed by atoms with Crippen molar-refractivity contribution < 1.29 is 9.90 Å². The van der Waals surface area contributed by atoms with E-state index in [-0.39, 0.29) is 5.91 Å². The van der Waals surface area contributed by atoms with Crippen LogP contribution in [0.2, 0.25) is 0 Å². The van der Waals surface area contributed by atoms with Crippen molar-refractivity contribution in [3.05, 3.63) is 29.6 Å². The molecule has 0 bridgehead atoms. The Morgan fingerprint density at radius 3 is 3.08 bits per heavy atom. The van der Waals surface area contributed by atoms with Gasteiger partial charge in [-0.1, -0.05) is 6.07 Å². The number of aliphatic hydroxyl groups is 1. The molecular formula is C8H8N2O2. The average Bonchev–Trinajstić information content (AvgIpc) is 2.33. The normalized spacial score (nSPS) is 21.3. The van der Waals surface area contributed by atoms with Crippen LogP contribution in [0.3, 0.4) is 0 Å². The molecule has 1 N–H and O–H groups in total. The second-order valence-corrected chi connectivity index (χ2v) is 2.73. The largest absolute Gasteiger partial charge is 0.369 e. The Bertz CT molecular complexity index is 338. The molecule has 1 amide bonds. The first-order valence-electron chi connectivity index (χ1n) is 3.62. The lowest BCUT2D eigenvalue weighted by Crippen LogP contribution is -2.22. The predicted octanol–water partition coefficient (Wildman–Crippen LogP) is 0.158. The van der Waals surface area contributed by atoms with Gasteiger partial charge >= 0.3 is 0 Å². The van der Waals surface area contributed by atoms with Gasteiger partial charge in [0.25, 0.3) is 5.91 Å². The molecule has 0 aromatic carbocycles. The highest BCUT2D eigenvalue weighted by Crippen LogP contribution is 2.27. The van der Waals surface area contributed by atoms with E-state index in [1.54, 1.807) is 25.4 Å². The molecule has 4 nitrogen and oxygen atoms in total.